The number of amides is 2. The Balaban J connectivity index is 1.12. The first-order chi connectivity index (χ1) is 20.5. The number of anilines is 1. The van der Waals surface area contributed by atoms with Crippen LogP contribution in [-0.4, -0.2) is 88.2 Å². The van der Waals surface area contributed by atoms with Gasteiger partial charge in [-0.25, -0.2) is 4.98 Å². The molecule has 2 N–H and O–H groups in total. The summed E-state index contributed by atoms with van der Waals surface area (Å²) < 4.78 is 5.54. The molecule has 0 spiro atoms. The predicted molar refractivity (Wildman–Crippen MR) is 164 cm³/mol. The summed E-state index contributed by atoms with van der Waals surface area (Å²) in [5, 5.41) is 14.7. The average Bonchev–Trinajstić information content (AvgIpc) is 3.78. The van der Waals surface area contributed by atoms with Crippen LogP contribution in [0.25, 0.3) is 27.7 Å². The minimum Gasteiger partial charge on any atom is -0.384 e. The average molecular weight is 586 g/mol. The van der Waals surface area contributed by atoms with Crippen LogP contribution in [0.4, 0.5) is 5.69 Å². The molecule has 2 aliphatic rings. The number of aryl methyl sites for hydroxylation is 1. The van der Waals surface area contributed by atoms with E-state index in [0.29, 0.717) is 38.3 Å². The van der Waals surface area contributed by atoms with Gasteiger partial charge in [-0.2, -0.15) is 5.10 Å². The number of aromatic amines is 1. The maximum atomic E-state index is 13.8. The molecule has 0 aliphatic carbocycles. The number of hydrogen-bond donors (Lipinski definition) is 2. The zero-order chi connectivity index (χ0) is 29.1. The zero-order valence-electron chi connectivity index (χ0n) is 23.9. The quantitative estimate of drug-likeness (QED) is 0.302. The van der Waals surface area contributed by atoms with Gasteiger partial charge in [0.2, 0.25) is 11.8 Å². The molecule has 1 saturated heterocycles. The Kier molecular flexibility index (Phi) is 8.14. The zero-order valence-corrected chi connectivity index (χ0v) is 24.7. The molecule has 42 heavy (non-hydrogen) atoms. The lowest BCUT2D eigenvalue weighted by Crippen LogP contribution is -2.45. The summed E-state index contributed by atoms with van der Waals surface area (Å²) in [6.45, 7) is 5.02. The Hall–Kier alpha value is -3.93. The van der Waals surface area contributed by atoms with Crippen LogP contribution < -0.4 is 5.32 Å². The van der Waals surface area contributed by atoms with Crippen molar-refractivity contribution in [2.75, 3.05) is 51.8 Å². The monoisotopic (exact) mass is 585 g/mol. The fraction of sp³-hybridized carbons (Fsp3) is 0.387. The number of pyridine rings is 1. The molecule has 0 unspecified atom stereocenters. The lowest BCUT2D eigenvalue weighted by Gasteiger charge is -2.29. The number of H-pyrrole nitrogens is 1. The van der Waals surface area contributed by atoms with E-state index in [1.165, 1.54) is 5.57 Å². The molecule has 6 rings (SSSR count). The fourth-order valence-electron chi connectivity index (χ4n) is 5.90. The van der Waals surface area contributed by atoms with Crippen molar-refractivity contribution in [1.82, 2.24) is 30.0 Å². The number of nitrogens with one attached hydrogen (secondary N) is 2. The highest BCUT2D eigenvalue weighted by molar-refractivity contribution is 7.10. The van der Waals surface area contributed by atoms with Crippen LogP contribution in [0.15, 0.2) is 54.2 Å². The third kappa shape index (κ3) is 5.72. The van der Waals surface area contributed by atoms with E-state index in [1.54, 1.807) is 24.6 Å². The van der Waals surface area contributed by atoms with Gasteiger partial charge in [-0.3, -0.25) is 24.6 Å². The van der Waals surface area contributed by atoms with E-state index in [9.17, 15) is 9.59 Å². The first kappa shape index (κ1) is 28.2. The molecule has 2 aliphatic heterocycles. The Morgan fingerprint density at radius 3 is 2.83 bits per heavy atom. The first-order valence-corrected chi connectivity index (χ1v) is 15.2. The minimum absolute atomic E-state index is 0.0818. The fourth-order valence-corrected chi connectivity index (χ4v) is 6.60. The third-order valence-electron chi connectivity index (χ3n) is 8.24. The minimum atomic E-state index is -0.746. The number of hydrogen-bond acceptors (Lipinski definition) is 8. The van der Waals surface area contributed by atoms with Gasteiger partial charge in [0.05, 0.1) is 24.1 Å². The normalized spacial score (nSPS) is 19.3. The number of ether oxygens (including phenoxy) is 1. The van der Waals surface area contributed by atoms with Crippen molar-refractivity contribution in [3.63, 3.8) is 0 Å². The molecule has 3 aromatic heterocycles. The van der Waals surface area contributed by atoms with Crippen molar-refractivity contribution in [2.45, 2.75) is 26.2 Å². The van der Waals surface area contributed by atoms with Crippen LogP contribution in [0, 0.1) is 5.41 Å². The first-order valence-electron chi connectivity index (χ1n) is 14.3. The SMILES string of the molecule is CCc1cc(-c2n[nH]c3ccc(NC(=O)[C@]4(COC)CCN(CC(=O)N5CC=C(c6nccs6)CC5)C4)cc23)ccn1. The summed E-state index contributed by atoms with van der Waals surface area (Å²) >= 11 is 1.63. The van der Waals surface area contributed by atoms with Gasteiger partial charge < -0.3 is 15.0 Å². The number of fused-ring (bicyclic) bond motifs is 1. The van der Waals surface area contributed by atoms with Crippen LogP contribution in [-0.2, 0) is 20.7 Å². The molecule has 0 saturated carbocycles. The molecule has 0 bridgehead atoms. The van der Waals surface area contributed by atoms with Crippen LogP contribution in [0.3, 0.4) is 0 Å². The van der Waals surface area contributed by atoms with Crippen LogP contribution in [0.5, 0.6) is 0 Å². The Morgan fingerprint density at radius 1 is 1.17 bits per heavy atom. The number of rotatable bonds is 9. The van der Waals surface area contributed by atoms with Gasteiger partial charge in [0.15, 0.2) is 0 Å². The molecule has 11 heteroatoms. The Labute approximate surface area is 248 Å². The third-order valence-corrected chi connectivity index (χ3v) is 9.08. The van der Waals surface area contributed by atoms with Crippen molar-refractivity contribution in [1.29, 1.82) is 0 Å². The van der Waals surface area contributed by atoms with Gasteiger partial charge in [-0.15, -0.1) is 11.3 Å². The van der Waals surface area contributed by atoms with E-state index in [4.69, 9.17) is 4.74 Å². The Bertz CT molecular complexity index is 1620. The highest BCUT2D eigenvalue weighted by Gasteiger charge is 2.45. The lowest BCUT2D eigenvalue weighted by atomic mass is 9.87. The standard InChI is InChI=1S/C31H35N7O3S/c1-3-23-16-22(6-10-32-23)28-25-17-24(4-5-26(25)35-36-28)34-30(40)31(20-41-2)9-14-37(19-31)18-27(39)38-12-7-21(8-13-38)29-33-11-15-42-29/h4-7,10-11,15-17H,3,8-9,12-14,18-20H2,1-2H3,(H,34,40)(H,35,36)/t31-/m1/s1. The number of thiazole rings is 1. The molecule has 4 aromatic rings. The summed E-state index contributed by atoms with van der Waals surface area (Å²) in [5.74, 6) is -0.0202. The molecule has 1 atom stereocenters. The smallest absolute Gasteiger partial charge is 0.237 e. The second-order valence-electron chi connectivity index (χ2n) is 11.0. The van der Waals surface area contributed by atoms with Crippen LogP contribution in [0.2, 0.25) is 0 Å². The highest BCUT2D eigenvalue weighted by atomic mass is 32.1. The van der Waals surface area contributed by atoms with Crippen molar-refractivity contribution in [2.24, 2.45) is 5.41 Å². The van der Waals surface area contributed by atoms with Gasteiger partial charge in [0.1, 0.15) is 10.7 Å². The maximum absolute atomic E-state index is 13.8. The molecule has 218 valence electrons. The molecule has 10 nitrogen and oxygen atoms in total. The summed E-state index contributed by atoms with van der Waals surface area (Å²) in [6, 6.07) is 9.76. The number of carbonyl (C=O) groups excluding carboxylic acids is 2. The summed E-state index contributed by atoms with van der Waals surface area (Å²) in [6.07, 6.45) is 7.97. The maximum Gasteiger partial charge on any atom is 0.237 e. The van der Waals surface area contributed by atoms with Crippen molar-refractivity contribution >= 4 is 45.3 Å². The Morgan fingerprint density at radius 2 is 2.07 bits per heavy atom. The summed E-state index contributed by atoms with van der Waals surface area (Å²) in [4.78, 5) is 39.7. The molecule has 0 radical (unpaired) electrons. The summed E-state index contributed by atoms with van der Waals surface area (Å²) in [5.41, 5.74) is 4.84. The largest absolute Gasteiger partial charge is 0.384 e. The molecular weight excluding hydrogens is 550 g/mol. The number of benzene rings is 1. The summed E-state index contributed by atoms with van der Waals surface area (Å²) in [7, 11) is 1.62. The molecule has 1 fully saturated rings. The van der Waals surface area contributed by atoms with Crippen molar-refractivity contribution in [3.05, 3.63) is 64.9 Å². The van der Waals surface area contributed by atoms with E-state index in [0.717, 1.165) is 45.7 Å². The number of likely N-dealkylation sites (tertiary alicyclic amines) is 1. The molecule has 1 aromatic carbocycles. The van der Waals surface area contributed by atoms with E-state index in [1.807, 2.05) is 46.8 Å². The number of aromatic nitrogens is 4. The van der Waals surface area contributed by atoms with E-state index < -0.39 is 5.41 Å². The van der Waals surface area contributed by atoms with Gasteiger partial charge in [-0.1, -0.05) is 13.0 Å². The van der Waals surface area contributed by atoms with Crippen LogP contribution in [0.1, 0.15) is 30.5 Å². The lowest BCUT2D eigenvalue weighted by molar-refractivity contribution is -0.133. The highest BCUT2D eigenvalue weighted by Crippen LogP contribution is 2.34. The van der Waals surface area contributed by atoms with E-state index in [-0.39, 0.29) is 25.0 Å². The van der Waals surface area contributed by atoms with Crippen molar-refractivity contribution < 1.29 is 14.3 Å². The molecule has 2 amide bonds. The number of carbonyl (C=O) groups is 2. The second kappa shape index (κ2) is 12.1. The van der Waals surface area contributed by atoms with E-state index in [2.05, 4.69) is 43.4 Å². The predicted octanol–water partition coefficient (Wildman–Crippen LogP) is 4.24. The van der Waals surface area contributed by atoms with Gasteiger partial charge in [0, 0.05) is 66.8 Å². The van der Waals surface area contributed by atoms with Gasteiger partial charge in [-0.05, 0) is 61.7 Å². The van der Waals surface area contributed by atoms with Crippen molar-refractivity contribution in [3.8, 4) is 11.3 Å². The number of methoxy groups -OCH3 is 1. The number of nitrogens with zero attached hydrogens (tertiary/aromatic N) is 5. The topological polar surface area (TPSA) is 116 Å². The molecular formula is C31H35N7O3S. The van der Waals surface area contributed by atoms with Gasteiger partial charge >= 0.3 is 0 Å². The molecule has 5 heterocycles. The van der Waals surface area contributed by atoms with Gasteiger partial charge in [0.25, 0.3) is 0 Å². The van der Waals surface area contributed by atoms with Crippen LogP contribution >= 0.6 is 11.3 Å². The van der Waals surface area contributed by atoms with E-state index >= 15 is 0 Å². The second-order valence-corrected chi connectivity index (χ2v) is 11.9.